The summed E-state index contributed by atoms with van der Waals surface area (Å²) in [7, 11) is 0. The first-order chi connectivity index (χ1) is 9.88. The van der Waals surface area contributed by atoms with E-state index in [1.54, 1.807) is 0 Å². The minimum absolute atomic E-state index is 0.160. The molecule has 0 aliphatic carbocycles. The number of morpholine rings is 1. The lowest BCUT2D eigenvalue weighted by atomic mass is 9.65. The van der Waals surface area contributed by atoms with Crippen LogP contribution in [0.1, 0.15) is 34.6 Å². The molecule has 21 heavy (non-hydrogen) atoms. The number of nitrogens with zero attached hydrogens (tertiary/aromatic N) is 3. The number of aliphatic imine (C=N–C) groups is 1. The Balaban J connectivity index is 1.91. The molecule has 0 bridgehead atoms. The number of nitrogens with one attached hydrogen (secondary N) is 1. The largest absolute Gasteiger partial charge is 0.379 e. The SMILES string of the molecule is CCNC(=NCCN1CCOCC1)N1CC(C)(C)C1(C)C. The summed E-state index contributed by atoms with van der Waals surface area (Å²) in [4.78, 5) is 9.68. The van der Waals surface area contributed by atoms with Gasteiger partial charge >= 0.3 is 0 Å². The van der Waals surface area contributed by atoms with Crippen LogP contribution in [0.3, 0.4) is 0 Å². The monoisotopic (exact) mass is 296 g/mol. The Bertz CT molecular complexity index is 372. The van der Waals surface area contributed by atoms with Crippen molar-refractivity contribution in [1.29, 1.82) is 0 Å². The van der Waals surface area contributed by atoms with E-state index in [1.165, 1.54) is 0 Å². The summed E-state index contributed by atoms with van der Waals surface area (Å²) in [6.45, 7) is 19.1. The fourth-order valence-electron chi connectivity index (χ4n) is 2.92. The van der Waals surface area contributed by atoms with E-state index in [-0.39, 0.29) is 5.54 Å². The number of ether oxygens (including phenoxy) is 1. The average Bonchev–Trinajstić information content (AvgIpc) is 2.45. The van der Waals surface area contributed by atoms with Gasteiger partial charge in [-0.25, -0.2) is 0 Å². The first kappa shape index (κ1) is 16.6. The van der Waals surface area contributed by atoms with Crippen molar-refractivity contribution in [2.24, 2.45) is 10.4 Å². The van der Waals surface area contributed by atoms with Crippen LogP contribution in [0.25, 0.3) is 0 Å². The van der Waals surface area contributed by atoms with Crippen molar-refractivity contribution in [2.75, 3.05) is 52.5 Å². The van der Waals surface area contributed by atoms with Crippen LogP contribution in [0.4, 0.5) is 0 Å². The Morgan fingerprint density at radius 1 is 1.19 bits per heavy atom. The van der Waals surface area contributed by atoms with Gasteiger partial charge < -0.3 is 15.0 Å². The summed E-state index contributed by atoms with van der Waals surface area (Å²) in [6, 6.07) is 0. The molecule has 1 N–H and O–H groups in total. The lowest BCUT2D eigenvalue weighted by Crippen LogP contribution is -2.72. The van der Waals surface area contributed by atoms with Crippen molar-refractivity contribution in [3.05, 3.63) is 0 Å². The minimum Gasteiger partial charge on any atom is -0.379 e. The van der Waals surface area contributed by atoms with Crippen molar-refractivity contribution in [3.8, 4) is 0 Å². The summed E-state index contributed by atoms with van der Waals surface area (Å²) in [6.07, 6.45) is 0. The molecular weight excluding hydrogens is 264 g/mol. The van der Waals surface area contributed by atoms with Gasteiger partial charge in [0, 0.05) is 43.7 Å². The zero-order valence-electron chi connectivity index (χ0n) is 14.4. The molecule has 2 fully saturated rings. The van der Waals surface area contributed by atoms with Gasteiger partial charge in [-0.05, 0) is 20.8 Å². The van der Waals surface area contributed by atoms with E-state index in [9.17, 15) is 0 Å². The van der Waals surface area contributed by atoms with Crippen LogP contribution in [-0.2, 0) is 4.74 Å². The zero-order valence-corrected chi connectivity index (χ0v) is 14.4. The molecule has 2 aliphatic rings. The fourth-order valence-corrected chi connectivity index (χ4v) is 2.92. The highest BCUT2D eigenvalue weighted by Crippen LogP contribution is 2.46. The normalized spacial score (nSPS) is 25.6. The van der Waals surface area contributed by atoms with Crippen LogP contribution in [0.5, 0.6) is 0 Å². The topological polar surface area (TPSA) is 40.1 Å². The molecule has 122 valence electrons. The highest BCUT2D eigenvalue weighted by Gasteiger charge is 2.53. The molecule has 0 amide bonds. The van der Waals surface area contributed by atoms with Crippen LogP contribution in [0.2, 0.25) is 0 Å². The van der Waals surface area contributed by atoms with Crippen molar-refractivity contribution >= 4 is 5.96 Å². The van der Waals surface area contributed by atoms with Gasteiger partial charge in [-0.3, -0.25) is 9.89 Å². The molecule has 2 heterocycles. The maximum Gasteiger partial charge on any atom is 0.194 e. The van der Waals surface area contributed by atoms with Crippen LogP contribution in [-0.4, -0.2) is 73.8 Å². The zero-order chi connectivity index (χ0) is 15.5. The van der Waals surface area contributed by atoms with Crippen LogP contribution in [0, 0.1) is 5.41 Å². The third-order valence-corrected chi connectivity index (χ3v) is 5.26. The number of likely N-dealkylation sites (tertiary alicyclic amines) is 1. The Kier molecular flexibility index (Phi) is 5.15. The Hall–Kier alpha value is -0.810. The van der Waals surface area contributed by atoms with Gasteiger partial charge in [0.05, 0.1) is 19.8 Å². The average molecular weight is 296 g/mol. The molecule has 0 saturated carbocycles. The van der Waals surface area contributed by atoms with E-state index >= 15 is 0 Å². The highest BCUT2D eigenvalue weighted by molar-refractivity contribution is 5.82. The van der Waals surface area contributed by atoms with Gasteiger partial charge in [0.15, 0.2) is 5.96 Å². The van der Waals surface area contributed by atoms with Gasteiger partial charge in [-0.2, -0.15) is 0 Å². The molecule has 2 rings (SSSR count). The second-order valence-electron chi connectivity index (χ2n) is 7.22. The van der Waals surface area contributed by atoms with Crippen molar-refractivity contribution in [1.82, 2.24) is 15.1 Å². The van der Waals surface area contributed by atoms with E-state index in [0.717, 1.165) is 58.4 Å². The molecule has 2 saturated heterocycles. The molecule has 2 aliphatic heterocycles. The quantitative estimate of drug-likeness (QED) is 0.629. The van der Waals surface area contributed by atoms with E-state index in [0.29, 0.717) is 5.41 Å². The summed E-state index contributed by atoms with van der Waals surface area (Å²) in [5.74, 6) is 1.06. The minimum atomic E-state index is 0.160. The molecule has 0 unspecified atom stereocenters. The van der Waals surface area contributed by atoms with Gasteiger partial charge in [0.25, 0.3) is 0 Å². The van der Waals surface area contributed by atoms with Crippen molar-refractivity contribution < 1.29 is 4.74 Å². The second kappa shape index (κ2) is 6.53. The van der Waals surface area contributed by atoms with E-state index in [2.05, 4.69) is 49.7 Å². The van der Waals surface area contributed by atoms with Gasteiger partial charge in [-0.1, -0.05) is 13.8 Å². The Morgan fingerprint density at radius 3 is 2.38 bits per heavy atom. The van der Waals surface area contributed by atoms with Crippen LogP contribution in [0.15, 0.2) is 4.99 Å². The Morgan fingerprint density at radius 2 is 1.86 bits per heavy atom. The molecule has 0 atom stereocenters. The summed E-state index contributed by atoms with van der Waals surface area (Å²) in [5, 5.41) is 3.45. The molecule has 0 aromatic rings. The molecular formula is C16H32N4O. The molecule has 5 nitrogen and oxygen atoms in total. The number of guanidine groups is 1. The molecule has 0 aromatic heterocycles. The van der Waals surface area contributed by atoms with Gasteiger partial charge in [0.1, 0.15) is 0 Å². The molecule has 5 heteroatoms. The number of rotatable bonds is 4. The lowest BCUT2D eigenvalue weighted by Gasteiger charge is -2.62. The standard InChI is InChI=1S/C16H32N4O/c1-6-17-14(20-13-15(2,3)16(20,4)5)18-7-8-19-9-11-21-12-10-19/h6-13H2,1-5H3,(H,17,18). The smallest absolute Gasteiger partial charge is 0.194 e. The fraction of sp³-hybridized carbons (Fsp3) is 0.938. The van der Waals surface area contributed by atoms with Crippen molar-refractivity contribution in [2.45, 2.75) is 40.2 Å². The Labute approximate surface area is 129 Å². The molecule has 0 radical (unpaired) electrons. The summed E-state index contributed by atoms with van der Waals surface area (Å²) in [5.41, 5.74) is 0.500. The third-order valence-electron chi connectivity index (χ3n) is 5.26. The second-order valence-corrected chi connectivity index (χ2v) is 7.22. The molecule has 0 spiro atoms. The van der Waals surface area contributed by atoms with E-state index in [1.807, 2.05) is 0 Å². The lowest BCUT2D eigenvalue weighted by molar-refractivity contribution is -0.0667. The summed E-state index contributed by atoms with van der Waals surface area (Å²) >= 11 is 0. The first-order valence-electron chi connectivity index (χ1n) is 8.24. The van der Waals surface area contributed by atoms with Crippen LogP contribution < -0.4 is 5.32 Å². The van der Waals surface area contributed by atoms with Crippen LogP contribution >= 0.6 is 0 Å². The molecule has 0 aromatic carbocycles. The highest BCUT2D eigenvalue weighted by atomic mass is 16.5. The maximum atomic E-state index is 5.38. The van der Waals surface area contributed by atoms with Gasteiger partial charge in [0.2, 0.25) is 0 Å². The predicted molar refractivity (Wildman–Crippen MR) is 87.8 cm³/mol. The van der Waals surface area contributed by atoms with Crippen molar-refractivity contribution in [3.63, 3.8) is 0 Å². The predicted octanol–water partition coefficient (Wildman–Crippen LogP) is 1.40. The maximum absolute atomic E-state index is 5.38. The first-order valence-corrected chi connectivity index (χ1v) is 8.24. The van der Waals surface area contributed by atoms with Gasteiger partial charge in [-0.15, -0.1) is 0 Å². The third kappa shape index (κ3) is 3.51. The number of hydrogen-bond donors (Lipinski definition) is 1. The van der Waals surface area contributed by atoms with E-state index in [4.69, 9.17) is 9.73 Å². The van der Waals surface area contributed by atoms with E-state index < -0.39 is 0 Å². The number of hydrogen-bond acceptors (Lipinski definition) is 3. The summed E-state index contributed by atoms with van der Waals surface area (Å²) < 4.78 is 5.38.